The molecule has 26 heavy (non-hydrogen) atoms. The molecule has 2 N–H and O–H groups in total. The van der Waals surface area contributed by atoms with Crippen LogP contribution in [0.25, 0.3) is 0 Å². The molecular weight excluding hydrogens is 336 g/mol. The first kappa shape index (κ1) is 19.4. The molecule has 1 unspecified atom stereocenters. The molecule has 2 aromatic carbocycles. The standard InChI is InChI=1S/C19H22N2O5/c1-14(11-20-12-19(22)23)9-15-5-7-18(8-6-15)26-13-16-3-2-4-17(10-16)21(24)25/h2-8,10,14,20H,9,11-13H2,1H3,(H,22,23). The molecule has 0 aliphatic rings. The first-order valence-corrected chi connectivity index (χ1v) is 8.31. The van der Waals surface area contributed by atoms with E-state index in [9.17, 15) is 14.9 Å². The monoisotopic (exact) mass is 358 g/mol. The van der Waals surface area contributed by atoms with Crippen LogP contribution in [0.4, 0.5) is 5.69 Å². The van der Waals surface area contributed by atoms with Crippen molar-refractivity contribution in [2.75, 3.05) is 13.1 Å². The second kappa shape index (κ2) is 9.53. The zero-order chi connectivity index (χ0) is 18.9. The molecular formula is C19H22N2O5. The summed E-state index contributed by atoms with van der Waals surface area (Å²) >= 11 is 0. The minimum Gasteiger partial charge on any atom is -0.489 e. The molecule has 0 saturated heterocycles. The maximum atomic E-state index is 10.8. The maximum absolute atomic E-state index is 10.8. The molecule has 0 heterocycles. The van der Waals surface area contributed by atoms with Crippen LogP contribution in [0.3, 0.4) is 0 Å². The molecule has 0 aliphatic heterocycles. The van der Waals surface area contributed by atoms with Crippen molar-refractivity contribution in [2.24, 2.45) is 5.92 Å². The van der Waals surface area contributed by atoms with Gasteiger partial charge in [0.15, 0.2) is 0 Å². The Bertz CT molecular complexity index is 746. The molecule has 7 heteroatoms. The Morgan fingerprint density at radius 1 is 1.23 bits per heavy atom. The molecule has 2 rings (SSSR count). The molecule has 138 valence electrons. The lowest BCUT2D eigenvalue weighted by molar-refractivity contribution is -0.384. The van der Waals surface area contributed by atoms with E-state index in [4.69, 9.17) is 9.84 Å². The number of benzene rings is 2. The summed E-state index contributed by atoms with van der Waals surface area (Å²) in [6.45, 7) is 2.92. The highest BCUT2D eigenvalue weighted by Crippen LogP contribution is 2.18. The van der Waals surface area contributed by atoms with E-state index in [0.717, 1.165) is 17.5 Å². The van der Waals surface area contributed by atoms with E-state index >= 15 is 0 Å². The smallest absolute Gasteiger partial charge is 0.317 e. The summed E-state index contributed by atoms with van der Waals surface area (Å²) in [6, 6.07) is 14.0. The zero-order valence-corrected chi connectivity index (χ0v) is 14.6. The fraction of sp³-hybridized carbons (Fsp3) is 0.316. The minimum absolute atomic E-state index is 0.0330. The van der Waals surface area contributed by atoms with Gasteiger partial charge in [-0.15, -0.1) is 0 Å². The first-order valence-electron chi connectivity index (χ1n) is 8.31. The van der Waals surface area contributed by atoms with Crippen molar-refractivity contribution in [3.63, 3.8) is 0 Å². The second-order valence-corrected chi connectivity index (χ2v) is 6.19. The Kier molecular flexibility index (Phi) is 7.11. The predicted octanol–water partition coefficient (Wildman–Crippen LogP) is 3.03. The van der Waals surface area contributed by atoms with Gasteiger partial charge in [-0.25, -0.2) is 0 Å². The van der Waals surface area contributed by atoms with Gasteiger partial charge in [0.05, 0.1) is 11.5 Å². The lowest BCUT2D eigenvalue weighted by Crippen LogP contribution is -2.27. The number of nitrogens with zero attached hydrogens (tertiary/aromatic N) is 1. The fourth-order valence-corrected chi connectivity index (χ4v) is 2.55. The molecule has 0 fully saturated rings. The highest BCUT2D eigenvalue weighted by Gasteiger charge is 2.07. The van der Waals surface area contributed by atoms with Gasteiger partial charge in [-0.1, -0.05) is 31.2 Å². The van der Waals surface area contributed by atoms with E-state index in [0.29, 0.717) is 18.2 Å². The summed E-state index contributed by atoms with van der Waals surface area (Å²) in [5.74, 6) is 0.144. The van der Waals surface area contributed by atoms with Crippen LogP contribution < -0.4 is 10.1 Å². The number of rotatable bonds is 10. The topological polar surface area (TPSA) is 102 Å². The summed E-state index contributed by atoms with van der Waals surface area (Å²) in [7, 11) is 0. The SMILES string of the molecule is CC(CNCC(=O)O)Cc1ccc(OCc2cccc([N+](=O)[O-])c2)cc1. The molecule has 7 nitrogen and oxygen atoms in total. The van der Waals surface area contributed by atoms with Crippen LogP contribution >= 0.6 is 0 Å². The normalized spacial score (nSPS) is 11.7. The number of aliphatic carboxylic acids is 1. The minimum atomic E-state index is -0.859. The van der Waals surface area contributed by atoms with Crippen LogP contribution in [-0.4, -0.2) is 29.1 Å². The van der Waals surface area contributed by atoms with Crippen LogP contribution in [0.15, 0.2) is 48.5 Å². The number of carboxylic acid groups (broad SMARTS) is 1. The highest BCUT2D eigenvalue weighted by atomic mass is 16.6. The number of carboxylic acids is 1. The van der Waals surface area contributed by atoms with Crippen molar-refractivity contribution >= 4 is 11.7 Å². The van der Waals surface area contributed by atoms with Gasteiger partial charge in [-0.2, -0.15) is 0 Å². The fourth-order valence-electron chi connectivity index (χ4n) is 2.55. The number of hydrogen-bond acceptors (Lipinski definition) is 5. The molecule has 0 amide bonds. The van der Waals surface area contributed by atoms with E-state index in [1.807, 2.05) is 24.3 Å². The summed E-state index contributed by atoms with van der Waals surface area (Å²) in [5.41, 5.74) is 1.92. The van der Waals surface area contributed by atoms with Crippen LogP contribution in [-0.2, 0) is 17.8 Å². The molecule has 0 spiro atoms. The van der Waals surface area contributed by atoms with Gasteiger partial charge >= 0.3 is 5.97 Å². The van der Waals surface area contributed by atoms with Crippen molar-refractivity contribution in [1.29, 1.82) is 0 Å². The lowest BCUT2D eigenvalue weighted by Gasteiger charge is -2.12. The Hall–Kier alpha value is -2.93. The lowest BCUT2D eigenvalue weighted by atomic mass is 10.0. The molecule has 0 bridgehead atoms. The predicted molar refractivity (Wildman–Crippen MR) is 97.2 cm³/mol. The van der Waals surface area contributed by atoms with Crippen molar-refractivity contribution < 1.29 is 19.6 Å². The van der Waals surface area contributed by atoms with Crippen LogP contribution in [0.5, 0.6) is 5.75 Å². The Morgan fingerprint density at radius 3 is 2.62 bits per heavy atom. The third kappa shape index (κ3) is 6.52. The summed E-state index contributed by atoms with van der Waals surface area (Å²) in [4.78, 5) is 20.8. The van der Waals surface area contributed by atoms with E-state index < -0.39 is 10.9 Å². The number of ether oxygens (including phenoxy) is 1. The van der Waals surface area contributed by atoms with Gasteiger partial charge < -0.3 is 15.2 Å². The van der Waals surface area contributed by atoms with Gasteiger partial charge in [0.2, 0.25) is 0 Å². The number of non-ortho nitro benzene ring substituents is 1. The average Bonchev–Trinajstić information content (AvgIpc) is 2.61. The van der Waals surface area contributed by atoms with Crippen molar-refractivity contribution in [3.05, 3.63) is 69.8 Å². The van der Waals surface area contributed by atoms with Crippen molar-refractivity contribution in [3.8, 4) is 5.75 Å². The number of nitrogens with one attached hydrogen (secondary N) is 1. The number of hydrogen-bond donors (Lipinski definition) is 2. The molecule has 0 aliphatic carbocycles. The van der Waals surface area contributed by atoms with Crippen LogP contribution in [0.2, 0.25) is 0 Å². The highest BCUT2D eigenvalue weighted by molar-refractivity contribution is 5.68. The maximum Gasteiger partial charge on any atom is 0.317 e. The Balaban J connectivity index is 1.82. The summed E-state index contributed by atoms with van der Waals surface area (Å²) in [5, 5.41) is 22.3. The van der Waals surface area contributed by atoms with Crippen LogP contribution in [0, 0.1) is 16.0 Å². The number of nitro benzene ring substituents is 1. The number of carbonyl (C=O) groups is 1. The second-order valence-electron chi connectivity index (χ2n) is 6.19. The Morgan fingerprint density at radius 2 is 1.96 bits per heavy atom. The van der Waals surface area contributed by atoms with Gasteiger partial charge in [-0.3, -0.25) is 14.9 Å². The van der Waals surface area contributed by atoms with E-state index in [-0.39, 0.29) is 18.8 Å². The third-order valence-electron chi connectivity index (χ3n) is 3.80. The molecule has 2 aromatic rings. The van der Waals surface area contributed by atoms with Gasteiger partial charge in [-0.05, 0) is 42.1 Å². The molecule has 0 saturated carbocycles. The van der Waals surface area contributed by atoms with Crippen LogP contribution in [0.1, 0.15) is 18.1 Å². The quantitative estimate of drug-likeness (QED) is 0.500. The first-order chi connectivity index (χ1) is 12.4. The van der Waals surface area contributed by atoms with E-state index in [1.54, 1.807) is 12.1 Å². The number of nitro groups is 1. The largest absolute Gasteiger partial charge is 0.489 e. The summed E-state index contributed by atoms with van der Waals surface area (Å²) in [6.07, 6.45) is 0.831. The Labute approximate surface area is 151 Å². The van der Waals surface area contributed by atoms with Crippen molar-refractivity contribution in [2.45, 2.75) is 20.0 Å². The third-order valence-corrected chi connectivity index (χ3v) is 3.80. The van der Waals surface area contributed by atoms with Gasteiger partial charge in [0, 0.05) is 12.1 Å². The van der Waals surface area contributed by atoms with E-state index in [1.165, 1.54) is 12.1 Å². The van der Waals surface area contributed by atoms with Crippen molar-refractivity contribution in [1.82, 2.24) is 5.32 Å². The van der Waals surface area contributed by atoms with Gasteiger partial charge in [0.1, 0.15) is 12.4 Å². The van der Waals surface area contributed by atoms with Gasteiger partial charge in [0.25, 0.3) is 5.69 Å². The molecule has 1 atom stereocenters. The molecule has 0 radical (unpaired) electrons. The summed E-state index contributed by atoms with van der Waals surface area (Å²) < 4.78 is 5.68. The van der Waals surface area contributed by atoms with E-state index in [2.05, 4.69) is 12.2 Å². The molecule has 0 aromatic heterocycles. The zero-order valence-electron chi connectivity index (χ0n) is 14.6. The average molecular weight is 358 g/mol.